The summed E-state index contributed by atoms with van der Waals surface area (Å²) in [5, 5.41) is 10.3. The van der Waals surface area contributed by atoms with Crippen molar-refractivity contribution in [1.29, 1.82) is 0 Å². The van der Waals surface area contributed by atoms with Gasteiger partial charge < -0.3 is 4.74 Å². The molecule has 3 N–H and O–H groups in total. The predicted molar refractivity (Wildman–Crippen MR) is 66.0 cm³/mol. The molecule has 1 atom stereocenters. The number of aromatic amines is 1. The number of carbonyl (C=O) groups excluding carboxylic acids is 2. The smallest absolute Gasteiger partial charge is 0.313 e. The van der Waals surface area contributed by atoms with E-state index >= 15 is 0 Å². The molecule has 2 rings (SSSR count). The molecule has 0 spiro atoms. The van der Waals surface area contributed by atoms with Gasteiger partial charge in [-0.05, 0) is 0 Å². The van der Waals surface area contributed by atoms with E-state index in [2.05, 4.69) is 19.9 Å². The van der Waals surface area contributed by atoms with Crippen LogP contribution in [0.1, 0.15) is 12.2 Å². The Morgan fingerprint density at radius 2 is 2.30 bits per heavy atom. The summed E-state index contributed by atoms with van der Waals surface area (Å²) in [4.78, 5) is 27.9. The molecule has 0 radical (unpaired) electrons. The van der Waals surface area contributed by atoms with Crippen LogP contribution in [0.25, 0.3) is 0 Å². The molecule has 1 aromatic heterocycles. The zero-order chi connectivity index (χ0) is 14.9. The number of esters is 1. The summed E-state index contributed by atoms with van der Waals surface area (Å²) in [5.41, 5.74) is 0. The second kappa shape index (κ2) is 5.17. The van der Waals surface area contributed by atoms with Crippen molar-refractivity contribution >= 4 is 27.8 Å². The molecule has 1 aliphatic heterocycles. The Hall–Kier alpha value is -2.01. The van der Waals surface area contributed by atoms with Crippen molar-refractivity contribution in [2.75, 3.05) is 18.6 Å². The minimum Gasteiger partial charge on any atom is -0.469 e. The SMILES string of the molecule is COC(=O)Cc1nc(N2CC(S(N)(=O)=O)CC2=O)n[nH]1. The van der Waals surface area contributed by atoms with Crippen molar-refractivity contribution < 1.29 is 22.7 Å². The van der Waals surface area contributed by atoms with Gasteiger partial charge in [-0.15, -0.1) is 5.10 Å². The number of rotatable bonds is 4. The Morgan fingerprint density at radius 1 is 1.60 bits per heavy atom. The lowest BCUT2D eigenvalue weighted by Crippen LogP contribution is -2.32. The number of hydrogen-bond acceptors (Lipinski definition) is 7. The highest BCUT2D eigenvalue weighted by Crippen LogP contribution is 2.21. The second-order valence-electron chi connectivity index (χ2n) is 4.25. The number of amides is 1. The summed E-state index contributed by atoms with van der Waals surface area (Å²) in [7, 11) is -2.56. The lowest BCUT2D eigenvalue weighted by atomic mass is 10.4. The number of sulfonamides is 1. The van der Waals surface area contributed by atoms with Crippen molar-refractivity contribution in [3.8, 4) is 0 Å². The molecular weight excluding hydrogens is 290 g/mol. The van der Waals surface area contributed by atoms with Gasteiger partial charge in [-0.25, -0.2) is 13.6 Å². The van der Waals surface area contributed by atoms with E-state index in [9.17, 15) is 18.0 Å². The number of hydrogen-bond donors (Lipinski definition) is 2. The lowest BCUT2D eigenvalue weighted by Gasteiger charge is -2.10. The minimum absolute atomic E-state index is 0.0139. The van der Waals surface area contributed by atoms with Crippen LogP contribution in [0.15, 0.2) is 0 Å². The normalized spacial score (nSPS) is 19.4. The monoisotopic (exact) mass is 303 g/mol. The molecule has 1 aromatic rings. The summed E-state index contributed by atoms with van der Waals surface area (Å²) in [6, 6.07) is 0. The van der Waals surface area contributed by atoms with Gasteiger partial charge in [0.1, 0.15) is 17.5 Å². The molecule has 110 valence electrons. The molecule has 0 aliphatic carbocycles. The number of ether oxygens (including phenoxy) is 1. The van der Waals surface area contributed by atoms with Gasteiger partial charge in [-0.2, -0.15) is 4.98 Å². The molecule has 1 saturated heterocycles. The third kappa shape index (κ3) is 2.93. The molecule has 10 nitrogen and oxygen atoms in total. The molecule has 0 bridgehead atoms. The topological polar surface area (TPSA) is 148 Å². The van der Waals surface area contributed by atoms with Crippen molar-refractivity contribution in [3.05, 3.63) is 5.82 Å². The van der Waals surface area contributed by atoms with E-state index in [1.54, 1.807) is 0 Å². The van der Waals surface area contributed by atoms with E-state index in [0.29, 0.717) is 0 Å². The summed E-state index contributed by atoms with van der Waals surface area (Å²) >= 11 is 0. The maximum atomic E-state index is 11.7. The van der Waals surface area contributed by atoms with E-state index in [0.717, 1.165) is 4.90 Å². The highest BCUT2D eigenvalue weighted by Gasteiger charge is 2.38. The molecule has 11 heteroatoms. The van der Waals surface area contributed by atoms with Gasteiger partial charge in [-0.3, -0.25) is 19.6 Å². The lowest BCUT2D eigenvalue weighted by molar-refractivity contribution is -0.139. The van der Waals surface area contributed by atoms with E-state index in [1.165, 1.54) is 7.11 Å². The van der Waals surface area contributed by atoms with Crippen LogP contribution in [0.3, 0.4) is 0 Å². The van der Waals surface area contributed by atoms with E-state index in [1.807, 2.05) is 0 Å². The average molecular weight is 303 g/mol. The molecule has 0 aromatic carbocycles. The third-order valence-electron chi connectivity index (χ3n) is 2.85. The van der Waals surface area contributed by atoms with Gasteiger partial charge in [0.25, 0.3) is 5.95 Å². The Bertz CT molecular complexity index is 639. The Balaban J connectivity index is 2.13. The minimum atomic E-state index is -3.79. The van der Waals surface area contributed by atoms with Crippen LogP contribution >= 0.6 is 0 Å². The average Bonchev–Trinajstić information content (AvgIpc) is 2.94. The van der Waals surface area contributed by atoms with Crippen LogP contribution in [0.5, 0.6) is 0 Å². The summed E-state index contributed by atoms with van der Waals surface area (Å²) in [6.45, 7) is -0.104. The van der Waals surface area contributed by atoms with Crippen LogP contribution in [0.4, 0.5) is 5.95 Å². The molecule has 1 amide bonds. The molecule has 20 heavy (non-hydrogen) atoms. The van der Waals surface area contributed by atoms with E-state index in [-0.39, 0.29) is 31.2 Å². The van der Waals surface area contributed by atoms with Crippen LogP contribution in [0.2, 0.25) is 0 Å². The molecule has 2 heterocycles. The van der Waals surface area contributed by atoms with Crippen molar-refractivity contribution in [3.63, 3.8) is 0 Å². The van der Waals surface area contributed by atoms with Gasteiger partial charge in [0, 0.05) is 13.0 Å². The Kier molecular flexibility index (Phi) is 3.72. The molecule has 1 fully saturated rings. The highest BCUT2D eigenvalue weighted by atomic mass is 32.2. The van der Waals surface area contributed by atoms with Gasteiger partial charge >= 0.3 is 5.97 Å². The number of aromatic nitrogens is 3. The van der Waals surface area contributed by atoms with Crippen LogP contribution < -0.4 is 10.0 Å². The first kappa shape index (κ1) is 14.4. The standard InChI is InChI=1S/C9H13N5O5S/c1-19-8(16)3-6-11-9(13-12-6)14-4-5(2-7(14)15)20(10,17)18/h5H,2-4H2,1H3,(H2,10,17,18)(H,11,12,13). The number of H-pyrrole nitrogens is 1. The zero-order valence-electron chi connectivity index (χ0n) is 10.6. The highest BCUT2D eigenvalue weighted by molar-refractivity contribution is 7.89. The van der Waals surface area contributed by atoms with Gasteiger partial charge in [-0.1, -0.05) is 0 Å². The van der Waals surface area contributed by atoms with E-state index in [4.69, 9.17) is 5.14 Å². The van der Waals surface area contributed by atoms with Crippen LogP contribution in [-0.4, -0.2) is 54.4 Å². The number of primary sulfonamides is 1. The largest absolute Gasteiger partial charge is 0.469 e. The zero-order valence-corrected chi connectivity index (χ0v) is 11.4. The molecule has 1 aliphatic rings. The number of carbonyl (C=O) groups is 2. The fourth-order valence-corrected chi connectivity index (χ4v) is 2.51. The van der Waals surface area contributed by atoms with Crippen molar-refractivity contribution in [1.82, 2.24) is 15.2 Å². The summed E-state index contributed by atoms with van der Waals surface area (Å²) < 4.78 is 26.9. The molecular formula is C9H13N5O5S. The fraction of sp³-hybridized carbons (Fsp3) is 0.556. The maximum absolute atomic E-state index is 11.7. The van der Waals surface area contributed by atoms with Crippen molar-refractivity contribution in [2.24, 2.45) is 5.14 Å². The number of anilines is 1. The first-order chi connectivity index (χ1) is 9.31. The van der Waals surface area contributed by atoms with Gasteiger partial charge in [0.05, 0.1) is 7.11 Å². The number of nitrogens with zero attached hydrogens (tertiary/aromatic N) is 3. The van der Waals surface area contributed by atoms with Crippen molar-refractivity contribution in [2.45, 2.75) is 18.1 Å². The van der Waals surface area contributed by atoms with Gasteiger partial charge in [0.15, 0.2) is 0 Å². The van der Waals surface area contributed by atoms with Crippen LogP contribution in [-0.2, 0) is 30.8 Å². The summed E-state index contributed by atoms with van der Waals surface area (Å²) in [5.74, 6) is -0.714. The van der Waals surface area contributed by atoms with Gasteiger partial charge in [0.2, 0.25) is 15.9 Å². The van der Waals surface area contributed by atoms with Crippen LogP contribution in [0, 0.1) is 0 Å². The first-order valence-corrected chi connectivity index (χ1v) is 7.22. The number of nitrogens with two attached hydrogens (primary N) is 1. The Morgan fingerprint density at radius 3 is 2.85 bits per heavy atom. The Labute approximate surface area is 114 Å². The fourth-order valence-electron chi connectivity index (χ4n) is 1.78. The predicted octanol–water partition coefficient (Wildman–Crippen LogP) is -2.09. The second-order valence-corrected chi connectivity index (χ2v) is 6.10. The third-order valence-corrected chi connectivity index (χ3v) is 4.10. The van der Waals surface area contributed by atoms with E-state index < -0.39 is 27.1 Å². The molecule has 1 unspecified atom stereocenters. The summed E-state index contributed by atoms with van der Waals surface area (Å²) in [6.07, 6.45) is -0.330. The quantitative estimate of drug-likeness (QED) is 0.606. The first-order valence-electron chi connectivity index (χ1n) is 5.61. The molecule has 0 saturated carbocycles. The number of nitrogens with one attached hydrogen (secondary N) is 1. The maximum Gasteiger partial charge on any atom is 0.313 e. The number of methoxy groups -OCH3 is 1.